The van der Waals surface area contributed by atoms with Crippen LogP contribution in [0.1, 0.15) is 35.1 Å². The number of benzene rings is 2. The first kappa shape index (κ1) is 22.0. The predicted octanol–water partition coefficient (Wildman–Crippen LogP) is 2.22. The highest BCUT2D eigenvalue weighted by Crippen LogP contribution is 2.24. The molecule has 0 radical (unpaired) electrons. The fourth-order valence-electron chi connectivity index (χ4n) is 3.44. The molecule has 160 valence electrons. The predicted molar refractivity (Wildman–Crippen MR) is 116 cm³/mol. The van der Waals surface area contributed by atoms with Gasteiger partial charge in [0.05, 0.1) is 18.0 Å². The summed E-state index contributed by atoms with van der Waals surface area (Å²) in [5.41, 5.74) is 4.93. The van der Waals surface area contributed by atoms with E-state index in [0.29, 0.717) is 5.69 Å². The molecule has 8 heteroatoms. The molecule has 1 aliphatic carbocycles. The van der Waals surface area contributed by atoms with E-state index in [1.165, 1.54) is 5.56 Å². The van der Waals surface area contributed by atoms with Crippen molar-refractivity contribution in [2.24, 2.45) is 0 Å². The normalized spacial score (nSPS) is 13.4. The Hall–Kier alpha value is -2.71. The van der Waals surface area contributed by atoms with Crippen molar-refractivity contribution in [2.75, 3.05) is 18.4 Å². The van der Waals surface area contributed by atoms with Crippen LogP contribution in [0.4, 0.5) is 5.69 Å². The maximum atomic E-state index is 12.5. The van der Waals surface area contributed by atoms with Crippen LogP contribution in [0.5, 0.6) is 0 Å². The van der Waals surface area contributed by atoms with Gasteiger partial charge in [-0.3, -0.25) is 9.59 Å². The lowest BCUT2D eigenvalue weighted by molar-refractivity contribution is -0.123. The molecule has 0 aromatic heterocycles. The number of nitrogens with one attached hydrogen (secondary N) is 3. The van der Waals surface area contributed by atoms with Gasteiger partial charge in [-0.15, -0.1) is 0 Å². The summed E-state index contributed by atoms with van der Waals surface area (Å²) in [6.07, 6.45) is 4.01. The Morgan fingerprint density at radius 2 is 1.67 bits per heavy atom. The van der Waals surface area contributed by atoms with E-state index in [1.54, 1.807) is 18.2 Å². The smallest absolute Gasteiger partial charge is 0.243 e. The Morgan fingerprint density at radius 1 is 0.933 bits per heavy atom. The van der Waals surface area contributed by atoms with E-state index >= 15 is 0 Å². The number of hydrogen-bond acceptors (Lipinski definition) is 4. The van der Waals surface area contributed by atoms with Gasteiger partial charge in [-0.05, 0) is 80.0 Å². The molecule has 0 saturated carbocycles. The highest BCUT2D eigenvalue weighted by molar-refractivity contribution is 7.89. The molecule has 2 amide bonds. The average molecular weight is 430 g/mol. The number of rotatable bonds is 7. The van der Waals surface area contributed by atoms with Gasteiger partial charge >= 0.3 is 0 Å². The van der Waals surface area contributed by atoms with Gasteiger partial charge in [-0.2, -0.15) is 0 Å². The van der Waals surface area contributed by atoms with Gasteiger partial charge in [-0.25, -0.2) is 13.1 Å². The molecule has 2 aromatic rings. The quantitative estimate of drug-likeness (QED) is 0.628. The lowest BCUT2D eigenvalue weighted by atomic mass is 9.92. The number of carbonyl (C=O) groups is 2. The summed E-state index contributed by atoms with van der Waals surface area (Å²) in [6.45, 7) is 3.17. The molecule has 0 aliphatic heterocycles. The highest BCUT2D eigenvalue weighted by Gasteiger charge is 2.19. The van der Waals surface area contributed by atoms with Crippen molar-refractivity contribution in [1.82, 2.24) is 10.0 Å². The van der Waals surface area contributed by atoms with Gasteiger partial charge in [0.2, 0.25) is 21.8 Å². The molecule has 0 bridgehead atoms. The monoisotopic (exact) mass is 429 g/mol. The zero-order valence-corrected chi connectivity index (χ0v) is 18.1. The second kappa shape index (κ2) is 9.40. The summed E-state index contributed by atoms with van der Waals surface area (Å²) < 4.78 is 27.3. The zero-order valence-electron chi connectivity index (χ0n) is 17.2. The molecule has 0 heterocycles. The van der Waals surface area contributed by atoms with Crippen LogP contribution in [-0.2, 0) is 32.5 Å². The van der Waals surface area contributed by atoms with Crippen molar-refractivity contribution in [3.05, 3.63) is 58.7 Å². The Labute approximate surface area is 177 Å². The van der Waals surface area contributed by atoms with E-state index in [4.69, 9.17) is 0 Å². The number of aryl methyl sites for hydroxylation is 3. The zero-order chi connectivity index (χ0) is 21.7. The molecule has 1 aliphatic rings. The number of carbonyl (C=O) groups excluding carboxylic acids is 2. The van der Waals surface area contributed by atoms with E-state index in [0.717, 1.165) is 42.4 Å². The maximum absolute atomic E-state index is 12.5. The molecule has 0 atom stereocenters. The number of hydrogen-bond donors (Lipinski definition) is 3. The summed E-state index contributed by atoms with van der Waals surface area (Å²) in [5, 5.41) is 5.17. The van der Waals surface area contributed by atoms with Crippen LogP contribution in [0.2, 0.25) is 0 Å². The van der Waals surface area contributed by atoms with Crippen LogP contribution in [-0.4, -0.2) is 33.3 Å². The lowest BCUT2D eigenvalue weighted by Crippen LogP contribution is -2.40. The first-order valence-electron chi connectivity index (χ1n) is 10.0. The second-order valence-electron chi connectivity index (χ2n) is 7.53. The van der Waals surface area contributed by atoms with Gasteiger partial charge < -0.3 is 10.6 Å². The molecule has 7 nitrogen and oxygen atoms in total. The van der Waals surface area contributed by atoms with Crippen LogP contribution in [0.15, 0.2) is 41.3 Å². The number of amides is 2. The molecule has 30 heavy (non-hydrogen) atoms. The van der Waals surface area contributed by atoms with Crippen LogP contribution in [0, 0.1) is 13.8 Å². The minimum Gasteiger partial charge on any atom is -0.346 e. The molecule has 0 spiro atoms. The van der Waals surface area contributed by atoms with E-state index in [2.05, 4.69) is 15.4 Å². The highest BCUT2D eigenvalue weighted by atomic mass is 32.2. The van der Waals surface area contributed by atoms with Gasteiger partial charge in [0.25, 0.3) is 0 Å². The molecular formula is C22H27N3O4S. The summed E-state index contributed by atoms with van der Waals surface area (Å²) in [4.78, 5) is 24.2. The minimum absolute atomic E-state index is 0.156. The van der Waals surface area contributed by atoms with E-state index in [-0.39, 0.29) is 17.3 Å². The molecule has 0 fully saturated rings. The Balaban J connectivity index is 1.50. The van der Waals surface area contributed by atoms with Crippen LogP contribution in [0.25, 0.3) is 0 Å². The second-order valence-corrected chi connectivity index (χ2v) is 9.30. The molecule has 0 saturated heterocycles. The fourth-order valence-corrected chi connectivity index (χ4v) is 4.48. The van der Waals surface area contributed by atoms with Crippen molar-refractivity contribution < 1.29 is 18.0 Å². The van der Waals surface area contributed by atoms with Crippen LogP contribution < -0.4 is 15.4 Å². The molecule has 3 rings (SSSR count). The SMILES string of the molecule is Cc1cccc(NC(=O)CNC(=O)CNS(=O)(=O)c2ccc3c(c2)CCCC3)c1C. The average Bonchev–Trinajstić information content (AvgIpc) is 2.73. The van der Waals surface area contributed by atoms with Crippen molar-refractivity contribution in [3.63, 3.8) is 0 Å². The third-order valence-electron chi connectivity index (χ3n) is 5.38. The Morgan fingerprint density at radius 3 is 2.43 bits per heavy atom. The standard InChI is InChI=1S/C22H27N3O4S/c1-15-6-5-9-20(16(15)2)25-22(27)13-23-21(26)14-24-30(28,29)19-11-10-17-7-3-4-8-18(17)12-19/h5-6,9-12,24H,3-4,7-8,13-14H2,1-2H3,(H,23,26)(H,25,27). The largest absolute Gasteiger partial charge is 0.346 e. The van der Waals surface area contributed by atoms with E-state index in [9.17, 15) is 18.0 Å². The summed E-state index contributed by atoms with van der Waals surface area (Å²) in [5.74, 6) is -0.956. The van der Waals surface area contributed by atoms with Crippen molar-refractivity contribution >= 4 is 27.5 Å². The third-order valence-corrected chi connectivity index (χ3v) is 6.78. The maximum Gasteiger partial charge on any atom is 0.243 e. The van der Waals surface area contributed by atoms with Gasteiger partial charge in [0.15, 0.2) is 0 Å². The first-order chi connectivity index (χ1) is 14.3. The number of anilines is 1. The van der Waals surface area contributed by atoms with E-state index < -0.39 is 22.5 Å². The van der Waals surface area contributed by atoms with E-state index in [1.807, 2.05) is 32.0 Å². The van der Waals surface area contributed by atoms with Gasteiger partial charge in [0.1, 0.15) is 0 Å². The fraction of sp³-hybridized carbons (Fsp3) is 0.364. The van der Waals surface area contributed by atoms with Crippen molar-refractivity contribution in [3.8, 4) is 0 Å². The molecule has 2 aromatic carbocycles. The van der Waals surface area contributed by atoms with Gasteiger partial charge in [-0.1, -0.05) is 18.2 Å². The molecule has 0 unspecified atom stereocenters. The molecule has 3 N–H and O–H groups in total. The summed E-state index contributed by atoms with van der Waals surface area (Å²) in [6, 6.07) is 10.7. The Bertz CT molecular complexity index is 1060. The van der Waals surface area contributed by atoms with Crippen LogP contribution in [0.3, 0.4) is 0 Å². The molecular weight excluding hydrogens is 402 g/mol. The topological polar surface area (TPSA) is 104 Å². The van der Waals surface area contributed by atoms with Crippen molar-refractivity contribution in [1.29, 1.82) is 0 Å². The van der Waals surface area contributed by atoms with Gasteiger partial charge in [0, 0.05) is 5.69 Å². The summed E-state index contributed by atoms with van der Waals surface area (Å²) in [7, 11) is -3.80. The minimum atomic E-state index is -3.80. The number of sulfonamides is 1. The first-order valence-corrected chi connectivity index (χ1v) is 11.5. The lowest BCUT2D eigenvalue weighted by Gasteiger charge is -2.16. The third kappa shape index (κ3) is 5.46. The summed E-state index contributed by atoms with van der Waals surface area (Å²) >= 11 is 0. The number of fused-ring (bicyclic) bond motifs is 1. The Kier molecular flexibility index (Phi) is 6.89. The van der Waals surface area contributed by atoms with Crippen molar-refractivity contribution in [2.45, 2.75) is 44.4 Å². The van der Waals surface area contributed by atoms with Crippen LogP contribution >= 0.6 is 0 Å².